The lowest BCUT2D eigenvalue weighted by Gasteiger charge is -2.28. The SMILES string of the molecule is [2H]c1cc(-c2c([2H])c([2H])c(N3c4c([2H])c([2H])c5c6c([2H])c([2H])c([2H])c([2H])c6n(Cc6c([2H])c([2H])c([2H])c([2H])c6[2H])c5c4CC3c3c([2H])c([2H])c([2H])c([2H])c3[2H])c([2H])c2[2H])c([2H])c([2H])c1[2H]. The molecule has 0 spiro atoms. The number of hydrogen-bond acceptors (Lipinski definition) is 1. The second-order valence-corrected chi connectivity index (χ2v) is 9.14. The molecule has 1 unspecified atom stereocenters. The summed E-state index contributed by atoms with van der Waals surface area (Å²) in [6.07, 6.45) is -0.529. The number of benzene rings is 6. The molecule has 1 atom stereocenters. The molecule has 1 aliphatic rings. The molecule has 8 rings (SSSR count). The summed E-state index contributed by atoms with van der Waals surface area (Å²) < 4.78 is 211. The van der Waals surface area contributed by atoms with Gasteiger partial charge in [-0.3, -0.25) is 0 Å². The quantitative estimate of drug-likeness (QED) is 0.207. The second-order valence-electron chi connectivity index (χ2n) is 9.14. The lowest BCUT2D eigenvalue weighted by Crippen LogP contribution is -2.19. The Balaban J connectivity index is 1.57. The third-order valence-electron chi connectivity index (χ3n) is 6.91. The zero-order valence-electron chi connectivity index (χ0n) is 45.0. The van der Waals surface area contributed by atoms with Gasteiger partial charge in [-0.15, -0.1) is 0 Å². The van der Waals surface area contributed by atoms with Crippen molar-refractivity contribution in [3.8, 4) is 11.1 Å². The molecule has 2 heteroatoms. The van der Waals surface area contributed by atoms with E-state index in [-0.39, 0.29) is 38.6 Å². The molecule has 1 aliphatic heterocycles. The molecule has 0 bridgehead atoms. The predicted molar refractivity (Wildman–Crippen MR) is 172 cm³/mol. The largest absolute Gasteiger partial charge is 0.336 e. The average molecular weight is 551 g/mol. The van der Waals surface area contributed by atoms with Crippen LogP contribution in [0.5, 0.6) is 0 Å². The summed E-state index contributed by atoms with van der Waals surface area (Å²) in [5.74, 6) is 0. The smallest absolute Gasteiger partial charge is 0.0645 e. The second kappa shape index (κ2) is 9.83. The van der Waals surface area contributed by atoms with E-state index in [1.165, 1.54) is 4.57 Å². The Morgan fingerprint density at radius 2 is 1.32 bits per heavy atom. The molecule has 6 aromatic carbocycles. The van der Waals surface area contributed by atoms with Crippen molar-refractivity contribution < 1.29 is 32.9 Å². The Morgan fingerprint density at radius 3 is 2.15 bits per heavy atom. The number of fused-ring (bicyclic) bond motifs is 5. The fourth-order valence-corrected chi connectivity index (χ4v) is 5.21. The lowest BCUT2D eigenvalue weighted by molar-refractivity contribution is 0.742. The van der Waals surface area contributed by atoms with Gasteiger partial charge in [0.1, 0.15) is 0 Å². The molecule has 1 aromatic heterocycles. The van der Waals surface area contributed by atoms with E-state index in [1.807, 2.05) is 0 Å². The molecule has 2 heterocycles. The van der Waals surface area contributed by atoms with E-state index in [2.05, 4.69) is 0 Å². The standard InChI is InChI=1S/C39H30N2/c1-4-12-28(13-5-1)27-40-36-19-11-10-18-33(36)34-24-25-37-35(39(34)40)26-38(31-16-8-3-9-17-31)41(37)32-22-20-30(21-23-32)29-14-6-2-7-15-29/h1-25,38H,26-27H2/i1D,2D,3D,4D,5D,6D,7D,8D,9D,10D,11D,12D,13D,14D,16D,17D,18D,19D,20D,21D,22D,23D,24D,25D. The highest BCUT2D eigenvalue weighted by Crippen LogP contribution is 2.49. The molecular formula is C39H30N2. The van der Waals surface area contributed by atoms with Crippen molar-refractivity contribution in [3.63, 3.8) is 0 Å². The first-order valence-corrected chi connectivity index (χ1v) is 12.5. The third-order valence-corrected chi connectivity index (χ3v) is 6.91. The van der Waals surface area contributed by atoms with Gasteiger partial charge < -0.3 is 9.47 Å². The van der Waals surface area contributed by atoms with Crippen molar-refractivity contribution in [2.45, 2.75) is 19.0 Å². The Kier molecular flexibility index (Phi) is 2.35. The van der Waals surface area contributed by atoms with E-state index < -0.39 is 186 Å². The molecule has 0 N–H and O–H groups in total. The summed E-state index contributed by atoms with van der Waals surface area (Å²) >= 11 is 0. The topological polar surface area (TPSA) is 8.17 Å². The first-order valence-electron chi connectivity index (χ1n) is 24.5. The van der Waals surface area contributed by atoms with Crippen molar-refractivity contribution >= 4 is 33.2 Å². The fourth-order valence-electron chi connectivity index (χ4n) is 5.21. The summed E-state index contributed by atoms with van der Waals surface area (Å²) in [7, 11) is 0. The summed E-state index contributed by atoms with van der Waals surface area (Å²) in [4.78, 5) is 1.01. The number of para-hydroxylation sites is 1. The average Bonchev–Trinajstić information content (AvgIpc) is 3.82. The number of anilines is 2. The van der Waals surface area contributed by atoms with Gasteiger partial charge in [-0.2, -0.15) is 0 Å². The summed E-state index contributed by atoms with van der Waals surface area (Å²) in [5.41, 5.74) is -3.31. The monoisotopic (exact) mass is 550 g/mol. The van der Waals surface area contributed by atoms with Gasteiger partial charge >= 0.3 is 0 Å². The number of hydrogen-bond donors (Lipinski definition) is 0. The number of rotatable bonds is 5. The van der Waals surface area contributed by atoms with Gasteiger partial charge in [0.2, 0.25) is 0 Å². The molecule has 41 heavy (non-hydrogen) atoms. The number of nitrogens with zero attached hydrogens (tertiary/aromatic N) is 2. The molecule has 0 saturated heterocycles. The zero-order valence-corrected chi connectivity index (χ0v) is 21.0. The fraction of sp³-hybridized carbons (Fsp3) is 0.0769. The molecule has 0 aliphatic carbocycles. The van der Waals surface area contributed by atoms with Crippen molar-refractivity contribution in [3.05, 3.63) is 168 Å². The van der Waals surface area contributed by atoms with Crippen LogP contribution in [0.3, 0.4) is 0 Å². The van der Waals surface area contributed by atoms with Crippen LogP contribution in [0.1, 0.15) is 55.6 Å². The van der Waals surface area contributed by atoms with E-state index in [9.17, 15) is 5.48 Å². The molecule has 0 amide bonds. The minimum atomic E-state index is -1.63. The van der Waals surface area contributed by atoms with Crippen LogP contribution in [0.15, 0.2) is 151 Å². The van der Waals surface area contributed by atoms with Crippen molar-refractivity contribution in [2.75, 3.05) is 4.90 Å². The highest BCUT2D eigenvalue weighted by molar-refractivity contribution is 6.11. The van der Waals surface area contributed by atoms with Gasteiger partial charge in [0.05, 0.1) is 44.5 Å². The van der Waals surface area contributed by atoms with Crippen LogP contribution < -0.4 is 4.90 Å². The van der Waals surface area contributed by atoms with Gasteiger partial charge in [-0.25, -0.2) is 0 Å². The van der Waals surface area contributed by atoms with Gasteiger partial charge in [0, 0.05) is 46.2 Å². The molecular weight excluding hydrogens is 496 g/mol. The van der Waals surface area contributed by atoms with Crippen molar-refractivity contribution in [1.29, 1.82) is 0 Å². The van der Waals surface area contributed by atoms with Crippen LogP contribution in [0, 0.1) is 0 Å². The molecule has 0 radical (unpaired) electrons. The predicted octanol–water partition coefficient (Wildman–Crippen LogP) is 9.95. The third kappa shape index (κ3) is 4.03. The van der Waals surface area contributed by atoms with Crippen molar-refractivity contribution in [2.24, 2.45) is 0 Å². The van der Waals surface area contributed by atoms with Crippen molar-refractivity contribution in [1.82, 2.24) is 4.57 Å². The van der Waals surface area contributed by atoms with Gasteiger partial charge in [0.15, 0.2) is 0 Å². The Hall–Kier alpha value is -5.08. The normalized spacial score (nSPS) is 22.7. The van der Waals surface area contributed by atoms with E-state index in [0.29, 0.717) is 0 Å². The minimum absolute atomic E-state index is 0.0728. The van der Waals surface area contributed by atoms with Crippen LogP contribution in [0.4, 0.5) is 11.4 Å². The van der Waals surface area contributed by atoms with E-state index >= 15 is 0 Å². The first kappa shape index (κ1) is 9.78. The van der Waals surface area contributed by atoms with E-state index in [1.54, 1.807) is 0 Å². The Labute approximate surface area is 274 Å². The maximum Gasteiger partial charge on any atom is 0.0645 e. The van der Waals surface area contributed by atoms with Gasteiger partial charge in [-0.1, -0.05) is 127 Å². The van der Waals surface area contributed by atoms with Crippen LogP contribution in [0.2, 0.25) is 0 Å². The summed E-state index contributed by atoms with van der Waals surface area (Å²) in [6.45, 7) is -0.696. The lowest BCUT2D eigenvalue weighted by atomic mass is 10.0. The Morgan fingerprint density at radius 1 is 0.610 bits per heavy atom. The molecule has 0 saturated carbocycles. The minimum Gasteiger partial charge on any atom is -0.336 e. The van der Waals surface area contributed by atoms with Crippen LogP contribution in [0.25, 0.3) is 32.9 Å². The van der Waals surface area contributed by atoms with Gasteiger partial charge in [0.25, 0.3) is 0 Å². The highest BCUT2D eigenvalue weighted by Gasteiger charge is 2.34. The molecule has 0 fully saturated rings. The summed E-state index contributed by atoms with van der Waals surface area (Å²) in [5, 5.41) is -0.559. The zero-order chi connectivity index (χ0) is 48.1. The van der Waals surface area contributed by atoms with E-state index in [4.69, 9.17) is 27.4 Å². The Bertz CT molecular complexity index is 3250. The highest BCUT2D eigenvalue weighted by atomic mass is 15.2. The van der Waals surface area contributed by atoms with Gasteiger partial charge in [-0.05, 0) is 46.4 Å². The van der Waals surface area contributed by atoms with E-state index in [0.717, 1.165) is 11.0 Å². The van der Waals surface area contributed by atoms with Crippen LogP contribution in [-0.4, -0.2) is 4.57 Å². The first-order chi connectivity index (χ1) is 30.3. The van der Waals surface area contributed by atoms with Crippen LogP contribution >= 0.6 is 0 Å². The van der Waals surface area contributed by atoms with Crippen LogP contribution in [-0.2, 0) is 13.0 Å². The molecule has 2 nitrogen and oxygen atoms in total. The summed E-state index contributed by atoms with van der Waals surface area (Å²) in [6, 6.07) is -18.4. The maximum atomic E-state index is 9.55. The number of aromatic nitrogens is 1. The molecule has 196 valence electrons. The molecule has 7 aromatic rings. The maximum absolute atomic E-state index is 9.55.